The van der Waals surface area contributed by atoms with E-state index in [-0.39, 0.29) is 11.9 Å². The van der Waals surface area contributed by atoms with Crippen LogP contribution in [-0.4, -0.2) is 77.2 Å². The molecule has 2 amide bonds. The summed E-state index contributed by atoms with van der Waals surface area (Å²) in [6.07, 6.45) is 5.26. The first-order valence-electron chi connectivity index (χ1n) is 13.2. The van der Waals surface area contributed by atoms with Crippen LogP contribution in [0.4, 0.5) is 10.5 Å². The number of urea groups is 1. The number of carbonyl (C=O) groups is 3. The van der Waals surface area contributed by atoms with E-state index >= 15 is 0 Å². The van der Waals surface area contributed by atoms with Crippen molar-refractivity contribution in [1.29, 1.82) is 0 Å². The molecule has 1 atom stereocenters. The molecule has 1 unspecified atom stereocenters. The lowest BCUT2D eigenvalue weighted by Crippen LogP contribution is -2.52. The smallest absolute Gasteiger partial charge is 0.337 e. The topological polar surface area (TPSA) is 115 Å². The summed E-state index contributed by atoms with van der Waals surface area (Å²) in [5.41, 5.74) is 3.47. The normalized spacial score (nSPS) is 18.3. The van der Waals surface area contributed by atoms with Crippen LogP contribution in [0.1, 0.15) is 47.5 Å². The number of carboxylic acids is 1. The Morgan fingerprint density at radius 3 is 2.32 bits per heavy atom. The van der Waals surface area contributed by atoms with Gasteiger partial charge in [-0.15, -0.1) is 0 Å². The lowest BCUT2D eigenvalue weighted by Gasteiger charge is -2.41. The van der Waals surface area contributed by atoms with Crippen LogP contribution in [0, 0.1) is 5.92 Å². The van der Waals surface area contributed by atoms with Crippen LogP contribution >= 0.6 is 0 Å². The largest absolute Gasteiger partial charge is 0.480 e. The molecular weight excluding hydrogens is 484 g/mol. The van der Waals surface area contributed by atoms with Gasteiger partial charge in [0.2, 0.25) is 0 Å². The zero-order valence-corrected chi connectivity index (χ0v) is 21.6. The number of esters is 1. The van der Waals surface area contributed by atoms with E-state index in [4.69, 9.17) is 4.74 Å². The number of hydrogen-bond donors (Lipinski definition) is 3. The highest BCUT2D eigenvalue weighted by Crippen LogP contribution is 2.35. The summed E-state index contributed by atoms with van der Waals surface area (Å²) in [5.74, 6) is -0.783. The summed E-state index contributed by atoms with van der Waals surface area (Å²) in [4.78, 5) is 44.0. The first kappa shape index (κ1) is 25.8. The van der Waals surface area contributed by atoms with Gasteiger partial charge in [0.25, 0.3) is 0 Å². The Balaban J connectivity index is 1.14. The second-order valence-corrected chi connectivity index (χ2v) is 10.2. The summed E-state index contributed by atoms with van der Waals surface area (Å²) >= 11 is 0. The summed E-state index contributed by atoms with van der Waals surface area (Å²) in [5, 5.41) is 14.3. The molecule has 38 heavy (non-hydrogen) atoms. The van der Waals surface area contributed by atoms with Crippen molar-refractivity contribution in [2.75, 3.05) is 38.6 Å². The molecule has 9 nitrogen and oxygen atoms in total. The fourth-order valence-corrected chi connectivity index (χ4v) is 6.00. The molecule has 5 rings (SSSR count). The monoisotopic (exact) mass is 518 g/mol. The van der Waals surface area contributed by atoms with E-state index in [9.17, 15) is 19.5 Å². The Morgan fingerprint density at radius 1 is 0.974 bits per heavy atom. The fraction of sp³-hybridized carbons (Fsp3) is 0.414. The van der Waals surface area contributed by atoms with Crippen molar-refractivity contribution in [2.45, 2.75) is 37.6 Å². The minimum atomic E-state index is -0.774. The number of likely N-dealkylation sites (tertiary alicyclic amines) is 2. The average molecular weight is 519 g/mol. The van der Waals surface area contributed by atoms with Crippen molar-refractivity contribution in [3.05, 3.63) is 65.9 Å². The fourth-order valence-electron chi connectivity index (χ4n) is 6.00. The number of fused-ring (bicyclic) bond motifs is 1. The molecule has 2 saturated heterocycles. The number of nitrogens with zero attached hydrogens (tertiary/aromatic N) is 2. The number of aromatic nitrogens is 1. The molecule has 9 heteroatoms. The number of ether oxygens (including phenoxy) is 1. The highest BCUT2D eigenvalue weighted by atomic mass is 16.5. The number of benzene rings is 2. The van der Waals surface area contributed by atoms with E-state index in [1.165, 1.54) is 18.1 Å². The van der Waals surface area contributed by atoms with Gasteiger partial charge in [0.05, 0.1) is 12.7 Å². The van der Waals surface area contributed by atoms with Crippen molar-refractivity contribution < 1.29 is 24.2 Å². The van der Waals surface area contributed by atoms with E-state index in [0.29, 0.717) is 43.1 Å². The standard InChI is InChI=1S/C29H34N4O5/c1-38-28(36)21-6-8-22(9-7-21)31-29(37)33-16-12-20(13-17-33)26(27(34)35)32-14-10-19(11-15-32)24-18-30-25-5-3-2-4-23(24)25/h2-9,18-20,26,30H,10-17H2,1H3,(H,31,37)(H,34,35). The van der Waals surface area contributed by atoms with Gasteiger partial charge >= 0.3 is 18.0 Å². The first-order valence-corrected chi connectivity index (χ1v) is 13.2. The number of anilines is 1. The maximum Gasteiger partial charge on any atom is 0.337 e. The van der Waals surface area contributed by atoms with Gasteiger partial charge < -0.3 is 25.0 Å². The highest BCUT2D eigenvalue weighted by molar-refractivity contribution is 5.92. The number of carbonyl (C=O) groups excluding carboxylic acids is 2. The third-order valence-corrected chi connectivity index (χ3v) is 8.07. The van der Waals surface area contributed by atoms with Crippen molar-refractivity contribution >= 4 is 34.6 Å². The number of amides is 2. The van der Waals surface area contributed by atoms with Crippen molar-refractivity contribution in [3.63, 3.8) is 0 Å². The maximum atomic E-state index is 12.8. The molecule has 3 aromatic rings. The molecule has 3 N–H and O–H groups in total. The van der Waals surface area contributed by atoms with Gasteiger partial charge in [-0.1, -0.05) is 18.2 Å². The molecule has 0 radical (unpaired) electrons. The zero-order valence-electron chi connectivity index (χ0n) is 21.6. The first-order chi connectivity index (χ1) is 18.4. The minimum Gasteiger partial charge on any atom is -0.480 e. The van der Waals surface area contributed by atoms with Gasteiger partial charge in [-0.3, -0.25) is 9.69 Å². The molecule has 2 fully saturated rings. The van der Waals surface area contributed by atoms with Gasteiger partial charge in [0.15, 0.2) is 0 Å². The second-order valence-electron chi connectivity index (χ2n) is 10.2. The molecule has 3 heterocycles. The molecule has 0 bridgehead atoms. The molecule has 200 valence electrons. The zero-order chi connectivity index (χ0) is 26.6. The third kappa shape index (κ3) is 5.38. The minimum absolute atomic E-state index is 0.000489. The van der Waals surface area contributed by atoms with Crippen LogP contribution in [-0.2, 0) is 9.53 Å². The molecule has 0 spiro atoms. The Bertz CT molecular complexity index is 1290. The second kappa shape index (κ2) is 11.3. The van der Waals surface area contributed by atoms with Crippen LogP contribution in [0.5, 0.6) is 0 Å². The molecule has 2 aromatic carbocycles. The number of hydrogen-bond acceptors (Lipinski definition) is 5. The van der Waals surface area contributed by atoms with Crippen LogP contribution < -0.4 is 5.32 Å². The van der Waals surface area contributed by atoms with E-state index in [0.717, 1.165) is 31.4 Å². The van der Waals surface area contributed by atoms with Gasteiger partial charge in [0, 0.05) is 35.9 Å². The predicted octanol–water partition coefficient (Wildman–Crippen LogP) is 4.53. The lowest BCUT2D eigenvalue weighted by atomic mass is 9.84. The van der Waals surface area contributed by atoms with Crippen LogP contribution in [0.25, 0.3) is 10.9 Å². The van der Waals surface area contributed by atoms with Gasteiger partial charge in [-0.05, 0) is 86.5 Å². The van der Waals surface area contributed by atoms with Crippen molar-refractivity contribution in [1.82, 2.24) is 14.8 Å². The Hall–Kier alpha value is -3.85. The highest BCUT2D eigenvalue weighted by Gasteiger charge is 2.38. The van der Waals surface area contributed by atoms with E-state index in [1.807, 2.05) is 6.07 Å². The number of para-hydroxylation sites is 1. The molecular formula is C29H34N4O5. The number of nitrogens with one attached hydrogen (secondary N) is 2. The van der Waals surface area contributed by atoms with Crippen molar-refractivity contribution in [3.8, 4) is 0 Å². The lowest BCUT2D eigenvalue weighted by molar-refractivity contribution is -0.147. The van der Waals surface area contributed by atoms with Gasteiger partial charge in [0.1, 0.15) is 6.04 Å². The Morgan fingerprint density at radius 2 is 1.66 bits per heavy atom. The number of methoxy groups -OCH3 is 1. The summed E-state index contributed by atoms with van der Waals surface area (Å²) in [6, 6.07) is 14.1. The van der Waals surface area contributed by atoms with Crippen LogP contribution in [0.15, 0.2) is 54.7 Å². The third-order valence-electron chi connectivity index (χ3n) is 8.07. The molecule has 2 aliphatic heterocycles. The number of carboxylic acid groups (broad SMARTS) is 1. The van der Waals surface area contributed by atoms with E-state index < -0.39 is 18.0 Å². The van der Waals surface area contributed by atoms with Gasteiger partial charge in [-0.2, -0.15) is 0 Å². The van der Waals surface area contributed by atoms with Gasteiger partial charge in [-0.25, -0.2) is 9.59 Å². The summed E-state index contributed by atoms with van der Waals surface area (Å²) in [6.45, 7) is 2.52. The number of aromatic amines is 1. The predicted molar refractivity (Wildman–Crippen MR) is 144 cm³/mol. The van der Waals surface area contributed by atoms with Crippen molar-refractivity contribution in [2.24, 2.45) is 5.92 Å². The number of rotatable bonds is 6. The summed E-state index contributed by atoms with van der Waals surface area (Å²) in [7, 11) is 1.32. The van der Waals surface area contributed by atoms with E-state index in [2.05, 4.69) is 39.6 Å². The number of H-pyrrole nitrogens is 1. The number of piperidine rings is 2. The quantitative estimate of drug-likeness (QED) is 0.413. The Kier molecular flexibility index (Phi) is 7.64. The molecule has 0 saturated carbocycles. The average Bonchev–Trinajstić information content (AvgIpc) is 3.38. The number of aliphatic carboxylic acids is 1. The maximum absolute atomic E-state index is 12.8. The molecule has 2 aliphatic rings. The Labute approximate surface area is 221 Å². The summed E-state index contributed by atoms with van der Waals surface area (Å²) < 4.78 is 4.70. The SMILES string of the molecule is COC(=O)c1ccc(NC(=O)N2CCC(C(C(=O)O)N3CCC(c4c[nH]c5ccccc45)CC3)CC2)cc1. The molecule has 0 aliphatic carbocycles. The van der Waals surface area contributed by atoms with Crippen LogP contribution in [0.2, 0.25) is 0 Å². The van der Waals surface area contributed by atoms with Crippen LogP contribution in [0.3, 0.4) is 0 Å². The van der Waals surface area contributed by atoms with E-state index in [1.54, 1.807) is 29.2 Å². The molecule has 1 aromatic heterocycles.